The van der Waals surface area contributed by atoms with Crippen molar-refractivity contribution in [2.24, 2.45) is 0 Å². The molecule has 0 bridgehead atoms. The Labute approximate surface area is 198 Å². The number of hydrogen-bond acceptors (Lipinski definition) is 9. The lowest BCUT2D eigenvalue weighted by Gasteiger charge is -2.27. The number of hydrogen-bond donors (Lipinski definition) is 1. The van der Waals surface area contributed by atoms with Crippen molar-refractivity contribution in [2.45, 2.75) is 6.54 Å². The minimum Gasteiger partial charge on any atom is -0.495 e. The summed E-state index contributed by atoms with van der Waals surface area (Å²) in [6.07, 6.45) is 1.68. The first-order valence-corrected chi connectivity index (χ1v) is 10.9. The van der Waals surface area contributed by atoms with E-state index in [1.54, 1.807) is 45.7 Å². The van der Waals surface area contributed by atoms with Crippen LogP contribution in [0.3, 0.4) is 0 Å². The van der Waals surface area contributed by atoms with Gasteiger partial charge in [0.1, 0.15) is 11.8 Å². The van der Waals surface area contributed by atoms with Gasteiger partial charge in [0.15, 0.2) is 11.5 Å². The van der Waals surface area contributed by atoms with Crippen molar-refractivity contribution in [1.29, 1.82) is 5.26 Å². The van der Waals surface area contributed by atoms with Gasteiger partial charge in [-0.25, -0.2) is 9.97 Å². The van der Waals surface area contributed by atoms with Gasteiger partial charge in [0.2, 0.25) is 5.95 Å². The minimum absolute atomic E-state index is 0.427. The van der Waals surface area contributed by atoms with Gasteiger partial charge in [0.25, 0.3) is 0 Å². The maximum atomic E-state index is 9.40. The predicted octanol–water partition coefficient (Wildman–Crippen LogP) is 3.62. The Kier molecular flexibility index (Phi) is 7.42. The van der Waals surface area contributed by atoms with E-state index in [-0.39, 0.29) is 0 Å². The monoisotopic (exact) mass is 461 g/mol. The molecule has 0 radical (unpaired) electrons. The highest BCUT2D eigenvalue weighted by Crippen LogP contribution is 2.36. The Morgan fingerprint density at radius 1 is 1.03 bits per heavy atom. The lowest BCUT2D eigenvalue weighted by atomic mass is 10.1. The Morgan fingerprint density at radius 2 is 1.82 bits per heavy atom. The van der Waals surface area contributed by atoms with E-state index < -0.39 is 0 Å². The third-order valence-corrected chi connectivity index (χ3v) is 5.58. The van der Waals surface area contributed by atoms with Crippen LogP contribution >= 0.6 is 0 Å². The Hall–Kier alpha value is -3.87. The summed E-state index contributed by atoms with van der Waals surface area (Å²) in [6.45, 7) is 3.87. The third-order valence-electron chi connectivity index (χ3n) is 5.58. The molecule has 34 heavy (non-hydrogen) atoms. The van der Waals surface area contributed by atoms with E-state index in [4.69, 9.17) is 18.9 Å². The molecule has 0 aliphatic carbocycles. The maximum absolute atomic E-state index is 9.40. The number of aromatic nitrogens is 2. The largest absolute Gasteiger partial charge is 0.495 e. The molecular formula is C25H27N5O4. The average molecular weight is 462 g/mol. The Balaban J connectivity index is 1.62. The molecule has 2 heterocycles. The molecule has 0 amide bonds. The van der Waals surface area contributed by atoms with Crippen molar-refractivity contribution < 1.29 is 18.9 Å². The van der Waals surface area contributed by atoms with Gasteiger partial charge in [-0.05, 0) is 30.3 Å². The van der Waals surface area contributed by atoms with Crippen molar-refractivity contribution in [3.05, 3.63) is 53.7 Å². The molecule has 1 N–H and O–H groups in total. The molecule has 3 aromatic rings. The fourth-order valence-electron chi connectivity index (χ4n) is 3.90. The van der Waals surface area contributed by atoms with Crippen molar-refractivity contribution >= 4 is 11.6 Å². The molecule has 9 nitrogen and oxygen atoms in total. The van der Waals surface area contributed by atoms with Crippen LogP contribution in [0.15, 0.2) is 42.6 Å². The van der Waals surface area contributed by atoms with Crippen LogP contribution in [0, 0.1) is 11.3 Å². The maximum Gasteiger partial charge on any atom is 0.227 e. The van der Waals surface area contributed by atoms with Gasteiger partial charge in [0, 0.05) is 48.7 Å². The van der Waals surface area contributed by atoms with Crippen LogP contribution in [0.25, 0.3) is 11.3 Å². The standard InChI is InChI=1S/C25H27N5O4/c1-31-22-5-4-17(12-18(22)15-26)21-6-7-27-25(29-21)28-20-13-19(16-30-8-10-34-11-9-30)24(33-3)23(14-20)32-2/h4-7,12-14H,8-11,16H2,1-3H3,(H,27,28,29). The summed E-state index contributed by atoms with van der Waals surface area (Å²) in [5.74, 6) is 2.28. The second kappa shape index (κ2) is 10.8. The summed E-state index contributed by atoms with van der Waals surface area (Å²) >= 11 is 0. The van der Waals surface area contributed by atoms with E-state index in [0.717, 1.165) is 43.1 Å². The van der Waals surface area contributed by atoms with Crippen LogP contribution < -0.4 is 19.5 Å². The fourth-order valence-corrected chi connectivity index (χ4v) is 3.90. The van der Waals surface area contributed by atoms with Gasteiger partial charge in [-0.3, -0.25) is 4.90 Å². The summed E-state index contributed by atoms with van der Waals surface area (Å²) in [4.78, 5) is 11.3. The normalized spacial score (nSPS) is 13.7. The summed E-state index contributed by atoms with van der Waals surface area (Å²) in [5.41, 5.74) is 3.70. The van der Waals surface area contributed by atoms with Crippen molar-refractivity contribution in [1.82, 2.24) is 14.9 Å². The molecule has 2 aromatic carbocycles. The lowest BCUT2D eigenvalue weighted by molar-refractivity contribution is 0.0338. The summed E-state index contributed by atoms with van der Waals surface area (Å²) in [6, 6.07) is 13.2. The van der Waals surface area contributed by atoms with E-state index in [1.807, 2.05) is 18.2 Å². The first kappa shape index (κ1) is 23.3. The van der Waals surface area contributed by atoms with Gasteiger partial charge < -0.3 is 24.3 Å². The number of rotatable bonds is 8. The number of morpholine rings is 1. The molecule has 0 atom stereocenters. The molecule has 0 spiro atoms. The zero-order valence-corrected chi connectivity index (χ0v) is 19.5. The average Bonchev–Trinajstić information content (AvgIpc) is 2.88. The summed E-state index contributed by atoms with van der Waals surface area (Å²) in [5, 5.41) is 12.7. The van der Waals surface area contributed by atoms with Crippen LogP contribution in [0.2, 0.25) is 0 Å². The van der Waals surface area contributed by atoms with E-state index in [1.165, 1.54) is 0 Å². The molecule has 1 aliphatic heterocycles. The first-order valence-electron chi connectivity index (χ1n) is 10.9. The lowest BCUT2D eigenvalue weighted by Crippen LogP contribution is -2.35. The quantitative estimate of drug-likeness (QED) is 0.539. The molecular weight excluding hydrogens is 434 g/mol. The van der Waals surface area contributed by atoms with Crippen molar-refractivity contribution in [2.75, 3.05) is 52.9 Å². The van der Waals surface area contributed by atoms with Gasteiger partial charge >= 0.3 is 0 Å². The Morgan fingerprint density at radius 3 is 2.53 bits per heavy atom. The fraction of sp³-hybridized carbons (Fsp3) is 0.320. The van der Waals surface area contributed by atoms with Gasteiger partial charge in [-0.2, -0.15) is 5.26 Å². The number of nitrogens with one attached hydrogen (secondary N) is 1. The molecule has 176 valence electrons. The van der Waals surface area contributed by atoms with E-state index in [9.17, 15) is 5.26 Å². The Bertz CT molecular complexity index is 1190. The summed E-state index contributed by atoms with van der Waals surface area (Å²) in [7, 11) is 4.80. The summed E-state index contributed by atoms with van der Waals surface area (Å²) < 4.78 is 21.9. The van der Waals surface area contributed by atoms with Crippen molar-refractivity contribution in [3.8, 4) is 34.6 Å². The molecule has 1 fully saturated rings. The second-order valence-electron chi connectivity index (χ2n) is 7.68. The predicted molar refractivity (Wildman–Crippen MR) is 128 cm³/mol. The third kappa shape index (κ3) is 5.20. The number of anilines is 2. The van der Waals surface area contributed by atoms with Gasteiger partial charge in [-0.1, -0.05) is 0 Å². The van der Waals surface area contributed by atoms with Gasteiger partial charge in [0.05, 0.1) is 45.8 Å². The molecule has 0 unspecified atom stereocenters. The smallest absolute Gasteiger partial charge is 0.227 e. The number of benzene rings is 2. The van der Waals surface area contributed by atoms with Crippen LogP contribution in [-0.2, 0) is 11.3 Å². The number of nitriles is 1. The molecule has 1 aliphatic rings. The number of nitrogens with zero attached hydrogens (tertiary/aromatic N) is 4. The van der Waals surface area contributed by atoms with Crippen LogP contribution in [0.4, 0.5) is 11.6 Å². The van der Waals surface area contributed by atoms with Crippen molar-refractivity contribution in [3.63, 3.8) is 0 Å². The van der Waals surface area contributed by atoms with Crippen LogP contribution in [0.1, 0.15) is 11.1 Å². The van der Waals surface area contributed by atoms with E-state index in [2.05, 4.69) is 26.3 Å². The second-order valence-corrected chi connectivity index (χ2v) is 7.68. The topological polar surface area (TPSA) is 102 Å². The zero-order chi connectivity index (χ0) is 23.9. The van der Waals surface area contributed by atoms with Crippen LogP contribution in [-0.4, -0.2) is 62.5 Å². The molecule has 4 rings (SSSR count). The van der Waals surface area contributed by atoms with Gasteiger partial charge in [-0.15, -0.1) is 0 Å². The zero-order valence-electron chi connectivity index (χ0n) is 19.5. The van der Waals surface area contributed by atoms with E-state index in [0.29, 0.717) is 41.0 Å². The number of ether oxygens (including phenoxy) is 4. The highest BCUT2D eigenvalue weighted by Gasteiger charge is 2.18. The SMILES string of the molecule is COc1ccc(-c2ccnc(Nc3cc(CN4CCOCC4)c(OC)c(OC)c3)n2)cc1C#N. The van der Waals surface area contributed by atoms with E-state index >= 15 is 0 Å². The first-order chi connectivity index (χ1) is 16.6. The molecule has 1 saturated heterocycles. The molecule has 1 aromatic heterocycles. The van der Waals surface area contributed by atoms with Crippen LogP contribution in [0.5, 0.6) is 17.2 Å². The highest BCUT2D eigenvalue weighted by atomic mass is 16.5. The number of methoxy groups -OCH3 is 3. The molecule has 9 heteroatoms. The minimum atomic E-state index is 0.427. The highest BCUT2D eigenvalue weighted by molar-refractivity contribution is 5.67. The molecule has 0 saturated carbocycles.